The molecule has 0 atom stereocenters. The van der Waals surface area contributed by atoms with E-state index in [9.17, 15) is 4.39 Å². The average molecular weight is 229 g/mol. The van der Waals surface area contributed by atoms with Gasteiger partial charge in [0.1, 0.15) is 5.82 Å². The van der Waals surface area contributed by atoms with Crippen LogP contribution in [0.4, 0.5) is 4.39 Å². The van der Waals surface area contributed by atoms with E-state index >= 15 is 0 Å². The van der Waals surface area contributed by atoms with Gasteiger partial charge in [-0.2, -0.15) is 0 Å². The highest BCUT2D eigenvalue weighted by molar-refractivity contribution is 7.99. The summed E-state index contributed by atoms with van der Waals surface area (Å²) >= 11 is 1.65. The zero-order chi connectivity index (χ0) is 10.9. The molecular formula is C11H16FNOS. The molecule has 1 aromatic carbocycles. The summed E-state index contributed by atoms with van der Waals surface area (Å²) in [6.45, 7) is 2.50. The van der Waals surface area contributed by atoms with Gasteiger partial charge in [-0.25, -0.2) is 4.39 Å². The molecule has 0 amide bonds. The van der Waals surface area contributed by atoms with Gasteiger partial charge in [0.2, 0.25) is 0 Å². The Balaban J connectivity index is 2.10. The number of methoxy groups -OCH3 is 1. The molecule has 0 saturated heterocycles. The van der Waals surface area contributed by atoms with Crippen molar-refractivity contribution in [1.82, 2.24) is 5.32 Å². The number of halogens is 1. The Labute approximate surface area is 94.2 Å². The van der Waals surface area contributed by atoms with Crippen LogP contribution in [0.5, 0.6) is 0 Å². The summed E-state index contributed by atoms with van der Waals surface area (Å²) in [6, 6.07) is 6.67. The van der Waals surface area contributed by atoms with Crippen LogP contribution >= 0.6 is 11.8 Å². The molecule has 84 valence electrons. The van der Waals surface area contributed by atoms with Crippen LogP contribution < -0.4 is 5.32 Å². The molecule has 0 fully saturated rings. The summed E-state index contributed by atoms with van der Waals surface area (Å²) in [5, 5.41) is 3.23. The fourth-order valence-corrected chi connectivity index (χ4v) is 1.95. The maximum absolute atomic E-state index is 12.8. The molecule has 0 aromatic heterocycles. The van der Waals surface area contributed by atoms with Gasteiger partial charge < -0.3 is 10.1 Å². The number of benzene rings is 1. The standard InChI is InChI=1S/C11H16FNOS/c1-14-7-5-13-6-8-15-11-4-2-3-10(12)9-11/h2-4,9,13H,5-8H2,1H3. The third-order valence-electron chi connectivity index (χ3n) is 1.83. The topological polar surface area (TPSA) is 21.3 Å². The lowest BCUT2D eigenvalue weighted by Crippen LogP contribution is -2.21. The molecule has 0 unspecified atom stereocenters. The van der Waals surface area contributed by atoms with Crippen molar-refractivity contribution in [3.8, 4) is 0 Å². The predicted octanol–water partition coefficient (Wildman–Crippen LogP) is 2.15. The second kappa shape index (κ2) is 7.68. The molecule has 0 bridgehead atoms. The molecule has 1 rings (SSSR count). The Bertz CT molecular complexity index is 283. The fourth-order valence-electron chi connectivity index (χ4n) is 1.10. The highest BCUT2D eigenvalue weighted by Gasteiger charge is 1.95. The van der Waals surface area contributed by atoms with Gasteiger partial charge in [-0.15, -0.1) is 11.8 Å². The summed E-state index contributed by atoms with van der Waals surface area (Å²) in [6.07, 6.45) is 0. The van der Waals surface area contributed by atoms with Crippen LogP contribution in [0.25, 0.3) is 0 Å². The zero-order valence-electron chi connectivity index (χ0n) is 8.83. The van der Waals surface area contributed by atoms with E-state index in [1.807, 2.05) is 6.07 Å². The van der Waals surface area contributed by atoms with Crippen molar-refractivity contribution in [3.63, 3.8) is 0 Å². The summed E-state index contributed by atoms with van der Waals surface area (Å²) in [5.74, 6) is 0.764. The van der Waals surface area contributed by atoms with Crippen LogP contribution in [0.1, 0.15) is 0 Å². The first kappa shape index (κ1) is 12.5. The Morgan fingerprint density at radius 3 is 3.00 bits per heavy atom. The van der Waals surface area contributed by atoms with E-state index in [-0.39, 0.29) is 5.82 Å². The van der Waals surface area contributed by atoms with Crippen LogP contribution in [0, 0.1) is 5.82 Å². The largest absolute Gasteiger partial charge is 0.383 e. The summed E-state index contributed by atoms with van der Waals surface area (Å²) in [7, 11) is 1.68. The molecule has 15 heavy (non-hydrogen) atoms. The molecule has 1 aromatic rings. The van der Waals surface area contributed by atoms with Gasteiger partial charge in [0, 0.05) is 30.8 Å². The number of ether oxygens (including phenoxy) is 1. The number of hydrogen-bond acceptors (Lipinski definition) is 3. The van der Waals surface area contributed by atoms with E-state index in [0.717, 1.165) is 30.3 Å². The molecule has 1 N–H and O–H groups in total. The maximum Gasteiger partial charge on any atom is 0.124 e. The Hall–Kier alpha value is -0.580. The lowest BCUT2D eigenvalue weighted by molar-refractivity contribution is 0.200. The summed E-state index contributed by atoms with van der Waals surface area (Å²) < 4.78 is 17.7. The highest BCUT2D eigenvalue weighted by atomic mass is 32.2. The fraction of sp³-hybridized carbons (Fsp3) is 0.455. The molecule has 0 aliphatic carbocycles. The van der Waals surface area contributed by atoms with E-state index < -0.39 is 0 Å². The van der Waals surface area contributed by atoms with E-state index in [2.05, 4.69) is 5.32 Å². The SMILES string of the molecule is COCCNCCSc1cccc(F)c1. The van der Waals surface area contributed by atoms with Crippen LogP contribution in [-0.2, 0) is 4.74 Å². The van der Waals surface area contributed by atoms with E-state index in [4.69, 9.17) is 4.74 Å². The van der Waals surface area contributed by atoms with Gasteiger partial charge >= 0.3 is 0 Å². The lowest BCUT2D eigenvalue weighted by Gasteiger charge is -2.03. The molecule has 0 saturated carbocycles. The van der Waals surface area contributed by atoms with Crippen molar-refractivity contribution in [2.45, 2.75) is 4.90 Å². The Morgan fingerprint density at radius 1 is 1.40 bits per heavy atom. The minimum absolute atomic E-state index is 0.174. The molecular weight excluding hydrogens is 213 g/mol. The minimum atomic E-state index is -0.174. The third-order valence-corrected chi connectivity index (χ3v) is 2.82. The lowest BCUT2D eigenvalue weighted by atomic mass is 10.4. The average Bonchev–Trinajstić information content (AvgIpc) is 2.23. The molecule has 2 nitrogen and oxygen atoms in total. The van der Waals surface area contributed by atoms with E-state index in [1.54, 1.807) is 31.0 Å². The van der Waals surface area contributed by atoms with Crippen molar-refractivity contribution < 1.29 is 9.13 Å². The van der Waals surface area contributed by atoms with Crippen LogP contribution in [0.2, 0.25) is 0 Å². The van der Waals surface area contributed by atoms with Crippen LogP contribution in [0.15, 0.2) is 29.2 Å². The summed E-state index contributed by atoms with van der Waals surface area (Å²) in [4.78, 5) is 0.976. The second-order valence-corrected chi connectivity index (χ2v) is 4.22. The Morgan fingerprint density at radius 2 is 2.27 bits per heavy atom. The molecule has 0 aliphatic rings. The van der Waals surface area contributed by atoms with Crippen LogP contribution in [-0.4, -0.2) is 32.6 Å². The molecule has 4 heteroatoms. The normalized spacial score (nSPS) is 10.5. The van der Waals surface area contributed by atoms with Crippen molar-refractivity contribution in [1.29, 1.82) is 0 Å². The number of nitrogens with one attached hydrogen (secondary N) is 1. The van der Waals surface area contributed by atoms with Gasteiger partial charge in [0.05, 0.1) is 6.61 Å². The first-order valence-electron chi connectivity index (χ1n) is 4.91. The zero-order valence-corrected chi connectivity index (χ0v) is 9.65. The highest BCUT2D eigenvalue weighted by Crippen LogP contribution is 2.17. The first-order valence-corrected chi connectivity index (χ1v) is 5.89. The van der Waals surface area contributed by atoms with Crippen molar-refractivity contribution in [2.24, 2.45) is 0 Å². The quantitative estimate of drug-likeness (QED) is 0.572. The van der Waals surface area contributed by atoms with Crippen molar-refractivity contribution in [2.75, 3.05) is 32.6 Å². The van der Waals surface area contributed by atoms with Gasteiger partial charge in [0.15, 0.2) is 0 Å². The molecule has 0 spiro atoms. The number of thioether (sulfide) groups is 1. The Kier molecular flexibility index (Phi) is 6.39. The first-order chi connectivity index (χ1) is 7.33. The monoisotopic (exact) mass is 229 g/mol. The number of rotatable bonds is 7. The molecule has 0 heterocycles. The molecule has 0 radical (unpaired) electrons. The molecule has 0 aliphatic heterocycles. The minimum Gasteiger partial charge on any atom is -0.383 e. The smallest absolute Gasteiger partial charge is 0.124 e. The predicted molar refractivity (Wildman–Crippen MR) is 61.9 cm³/mol. The van der Waals surface area contributed by atoms with Gasteiger partial charge in [-0.3, -0.25) is 0 Å². The van der Waals surface area contributed by atoms with Crippen molar-refractivity contribution >= 4 is 11.8 Å². The van der Waals surface area contributed by atoms with Gasteiger partial charge in [-0.05, 0) is 18.2 Å². The summed E-state index contributed by atoms with van der Waals surface area (Å²) in [5.41, 5.74) is 0. The van der Waals surface area contributed by atoms with Crippen molar-refractivity contribution in [3.05, 3.63) is 30.1 Å². The van der Waals surface area contributed by atoms with Gasteiger partial charge in [0.25, 0.3) is 0 Å². The van der Waals surface area contributed by atoms with Crippen LogP contribution in [0.3, 0.4) is 0 Å². The maximum atomic E-state index is 12.8. The van der Waals surface area contributed by atoms with E-state index in [0.29, 0.717) is 0 Å². The van der Waals surface area contributed by atoms with E-state index in [1.165, 1.54) is 6.07 Å². The second-order valence-electron chi connectivity index (χ2n) is 3.05. The van der Waals surface area contributed by atoms with Gasteiger partial charge in [-0.1, -0.05) is 6.07 Å². The third kappa shape index (κ3) is 5.77. The number of hydrogen-bond donors (Lipinski definition) is 1.